The van der Waals surface area contributed by atoms with E-state index in [9.17, 15) is 0 Å². The molecule has 1 aliphatic rings. The van der Waals surface area contributed by atoms with Crippen molar-refractivity contribution in [3.05, 3.63) is 0 Å². The summed E-state index contributed by atoms with van der Waals surface area (Å²) in [5, 5.41) is 0. The Morgan fingerprint density at radius 3 is 2.33 bits per heavy atom. The van der Waals surface area contributed by atoms with Gasteiger partial charge >= 0.3 is 0 Å². The van der Waals surface area contributed by atoms with Gasteiger partial charge in [0.25, 0.3) is 0 Å². The van der Waals surface area contributed by atoms with Gasteiger partial charge in [-0.3, -0.25) is 0 Å². The smallest absolute Gasteiger partial charge is 0.00388 e. The fourth-order valence-electron chi connectivity index (χ4n) is 1.95. The molecule has 0 aromatic rings. The molecule has 1 aliphatic carbocycles. The summed E-state index contributed by atoms with van der Waals surface area (Å²) in [4.78, 5) is 0. The summed E-state index contributed by atoms with van der Waals surface area (Å²) in [5.41, 5.74) is 5.93. The number of hydrogen-bond donors (Lipinski definition) is 1. The third-order valence-corrected chi connectivity index (χ3v) is 3.46. The SMILES string of the molecule is CCC(N)CC(C)C(C)C1CC1. The van der Waals surface area contributed by atoms with E-state index in [1.165, 1.54) is 19.3 Å². The van der Waals surface area contributed by atoms with Crippen LogP contribution in [0.3, 0.4) is 0 Å². The highest BCUT2D eigenvalue weighted by atomic mass is 14.6. The van der Waals surface area contributed by atoms with E-state index >= 15 is 0 Å². The lowest BCUT2D eigenvalue weighted by atomic mass is 9.86. The normalized spacial score (nSPS) is 25.0. The summed E-state index contributed by atoms with van der Waals surface area (Å²) in [7, 11) is 0. The van der Waals surface area contributed by atoms with Gasteiger partial charge in [0.2, 0.25) is 0 Å². The molecule has 0 spiro atoms. The molecule has 3 unspecified atom stereocenters. The maximum atomic E-state index is 5.93. The van der Waals surface area contributed by atoms with Crippen molar-refractivity contribution < 1.29 is 0 Å². The molecular weight excluding hydrogens is 146 g/mol. The van der Waals surface area contributed by atoms with Gasteiger partial charge in [-0.05, 0) is 43.4 Å². The molecule has 1 nitrogen and oxygen atoms in total. The molecule has 0 aromatic carbocycles. The Balaban J connectivity index is 2.21. The van der Waals surface area contributed by atoms with Gasteiger partial charge in [0.15, 0.2) is 0 Å². The highest BCUT2D eigenvalue weighted by molar-refractivity contribution is 4.82. The zero-order chi connectivity index (χ0) is 9.14. The molecule has 0 amide bonds. The first-order chi connectivity index (χ1) is 5.65. The van der Waals surface area contributed by atoms with Crippen LogP contribution in [0.1, 0.15) is 46.5 Å². The molecule has 0 radical (unpaired) electrons. The Bertz CT molecular complexity index is 129. The lowest BCUT2D eigenvalue weighted by molar-refractivity contribution is 0.304. The van der Waals surface area contributed by atoms with Crippen LogP contribution in [0, 0.1) is 17.8 Å². The van der Waals surface area contributed by atoms with E-state index in [-0.39, 0.29) is 0 Å². The van der Waals surface area contributed by atoms with Crippen LogP contribution >= 0.6 is 0 Å². The second-order valence-corrected chi connectivity index (χ2v) is 4.58. The van der Waals surface area contributed by atoms with Crippen LogP contribution in [0.15, 0.2) is 0 Å². The molecule has 72 valence electrons. The van der Waals surface area contributed by atoms with E-state index in [1.54, 1.807) is 0 Å². The van der Waals surface area contributed by atoms with Gasteiger partial charge < -0.3 is 5.73 Å². The predicted octanol–water partition coefficient (Wildman–Crippen LogP) is 2.80. The van der Waals surface area contributed by atoms with Crippen molar-refractivity contribution in [2.45, 2.75) is 52.5 Å². The number of rotatable bonds is 5. The molecule has 0 bridgehead atoms. The summed E-state index contributed by atoms with van der Waals surface area (Å²) in [5.74, 6) is 2.76. The van der Waals surface area contributed by atoms with Crippen molar-refractivity contribution in [2.75, 3.05) is 0 Å². The average Bonchev–Trinajstić information content (AvgIpc) is 2.85. The summed E-state index contributed by atoms with van der Waals surface area (Å²) >= 11 is 0. The van der Waals surface area contributed by atoms with Crippen LogP contribution in [0.5, 0.6) is 0 Å². The third kappa shape index (κ3) is 2.78. The van der Waals surface area contributed by atoms with Crippen LogP contribution in [-0.2, 0) is 0 Å². The first-order valence-corrected chi connectivity index (χ1v) is 5.40. The Morgan fingerprint density at radius 1 is 1.33 bits per heavy atom. The lowest BCUT2D eigenvalue weighted by Crippen LogP contribution is -2.24. The molecule has 1 rings (SSSR count). The molecule has 3 atom stereocenters. The van der Waals surface area contributed by atoms with Gasteiger partial charge in [-0.2, -0.15) is 0 Å². The fraction of sp³-hybridized carbons (Fsp3) is 1.00. The molecule has 1 saturated carbocycles. The Kier molecular flexibility index (Phi) is 3.57. The quantitative estimate of drug-likeness (QED) is 0.673. The second kappa shape index (κ2) is 4.27. The first-order valence-electron chi connectivity index (χ1n) is 5.40. The molecule has 1 heteroatoms. The minimum Gasteiger partial charge on any atom is -0.328 e. The maximum absolute atomic E-state index is 5.93. The Morgan fingerprint density at radius 2 is 1.92 bits per heavy atom. The highest BCUT2D eigenvalue weighted by Crippen LogP contribution is 2.41. The van der Waals surface area contributed by atoms with Crippen molar-refractivity contribution in [2.24, 2.45) is 23.5 Å². The van der Waals surface area contributed by atoms with Crippen LogP contribution in [0.2, 0.25) is 0 Å². The van der Waals surface area contributed by atoms with E-state index in [2.05, 4.69) is 20.8 Å². The molecule has 0 saturated heterocycles. The summed E-state index contributed by atoms with van der Waals surface area (Å²) < 4.78 is 0. The Hall–Kier alpha value is -0.0400. The molecule has 1 fully saturated rings. The van der Waals surface area contributed by atoms with Gasteiger partial charge in [0.1, 0.15) is 0 Å². The average molecular weight is 169 g/mol. The lowest BCUT2D eigenvalue weighted by Gasteiger charge is -2.22. The highest BCUT2D eigenvalue weighted by Gasteiger charge is 2.31. The van der Waals surface area contributed by atoms with Crippen LogP contribution in [0.4, 0.5) is 0 Å². The summed E-state index contributed by atoms with van der Waals surface area (Å²) in [6.07, 6.45) is 5.27. The molecule has 0 heterocycles. The van der Waals surface area contributed by atoms with Crippen molar-refractivity contribution in [1.29, 1.82) is 0 Å². The molecule has 12 heavy (non-hydrogen) atoms. The van der Waals surface area contributed by atoms with Gasteiger partial charge in [0, 0.05) is 6.04 Å². The van der Waals surface area contributed by atoms with Crippen LogP contribution in [-0.4, -0.2) is 6.04 Å². The minimum atomic E-state index is 0.432. The van der Waals surface area contributed by atoms with E-state index in [0.29, 0.717) is 6.04 Å². The Labute approximate surface area is 76.7 Å². The van der Waals surface area contributed by atoms with E-state index in [0.717, 1.165) is 24.2 Å². The fourth-order valence-corrected chi connectivity index (χ4v) is 1.95. The van der Waals surface area contributed by atoms with Gasteiger partial charge in [0.05, 0.1) is 0 Å². The largest absolute Gasteiger partial charge is 0.328 e. The summed E-state index contributed by atoms with van der Waals surface area (Å²) in [6.45, 7) is 6.93. The molecule has 0 aromatic heterocycles. The number of hydrogen-bond acceptors (Lipinski definition) is 1. The van der Waals surface area contributed by atoms with E-state index in [4.69, 9.17) is 5.73 Å². The predicted molar refractivity (Wildman–Crippen MR) is 53.9 cm³/mol. The van der Waals surface area contributed by atoms with Crippen molar-refractivity contribution in [3.8, 4) is 0 Å². The topological polar surface area (TPSA) is 26.0 Å². The van der Waals surface area contributed by atoms with Crippen molar-refractivity contribution in [1.82, 2.24) is 0 Å². The minimum absolute atomic E-state index is 0.432. The third-order valence-electron chi connectivity index (χ3n) is 3.46. The summed E-state index contributed by atoms with van der Waals surface area (Å²) in [6, 6.07) is 0.432. The molecule has 2 N–H and O–H groups in total. The van der Waals surface area contributed by atoms with Gasteiger partial charge in [-0.25, -0.2) is 0 Å². The van der Waals surface area contributed by atoms with Gasteiger partial charge in [-0.1, -0.05) is 20.8 Å². The van der Waals surface area contributed by atoms with Gasteiger partial charge in [-0.15, -0.1) is 0 Å². The zero-order valence-electron chi connectivity index (χ0n) is 8.72. The second-order valence-electron chi connectivity index (χ2n) is 4.58. The van der Waals surface area contributed by atoms with E-state index in [1.807, 2.05) is 0 Å². The molecular formula is C11H23N. The number of nitrogens with two attached hydrogens (primary N) is 1. The first kappa shape index (κ1) is 10.0. The van der Waals surface area contributed by atoms with Crippen molar-refractivity contribution >= 4 is 0 Å². The molecule has 0 aliphatic heterocycles. The van der Waals surface area contributed by atoms with Crippen LogP contribution < -0.4 is 5.73 Å². The van der Waals surface area contributed by atoms with Crippen LogP contribution in [0.25, 0.3) is 0 Å². The standard InChI is InChI=1S/C11H23N/c1-4-11(12)7-8(2)9(3)10-5-6-10/h8-11H,4-7,12H2,1-3H3. The monoisotopic (exact) mass is 169 g/mol. The van der Waals surface area contributed by atoms with Crippen molar-refractivity contribution in [3.63, 3.8) is 0 Å². The zero-order valence-corrected chi connectivity index (χ0v) is 8.72. The maximum Gasteiger partial charge on any atom is 0.00388 e. The van der Waals surface area contributed by atoms with E-state index < -0.39 is 0 Å².